The maximum Gasteiger partial charge on any atom is 0.489 e. The molecule has 2 aromatic heterocycles. The quantitative estimate of drug-likeness (QED) is 0.0205. The number of amides is 3. The van der Waals surface area contributed by atoms with Crippen LogP contribution >= 0.6 is 31.7 Å². The van der Waals surface area contributed by atoms with E-state index in [9.17, 15) is 19.5 Å². The van der Waals surface area contributed by atoms with E-state index < -0.39 is 38.8 Å². The van der Waals surface area contributed by atoms with Gasteiger partial charge in [0.15, 0.2) is 17.0 Å². The Balaban J connectivity index is 0.000000166. The third kappa shape index (κ3) is 32.7. The van der Waals surface area contributed by atoms with Crippen molar-refractivity contribution in [1.82, 2.24) is 34.2 Å². The topological polar surface area (TPSA) is 189 Å². The molecule has 0 radical (unpaired) electrons. The van der Waals surface area contributed by atoms with E-state index in [-0.39, 0.29) is 62.3 Å². The number of imidazole rings is 1. The average Bonchev–Trinajstić information content (AvgIpc) is 1.64. The molecule has 18 rings (SSSR count). The first-order valence-corrected chi connectivity index (χ1v) is 54.7. The summed E-state index contributed by atoms with van der Waals surface area (Å²) < 4.78 is 2.01. The summed E-state index contributed by atoms with van der Waals surface area (Å²) >= 11 is 0. The number of carbonyl (C=O) groups excluding carboxylic acids is 3. The summed E-state index contributed by atoms with van der Waals surface area (Å²) in [4.78, 5) is 56.1. The van der Waals surface area contributed by atoms with Crippen LogP contribution < -0.4 is 79.8 Å². The molecule has 0 fully saturated rings. The molecule has 21 heteroatoms. The predicted octanol–water partition coefficient (Wildman–Crippen LogP) is 21.1. The van der Waals surface area contributed by atoms with Gasteiger partial charge < -0.3 is 45.1 Å². The van der Waals surface area contributed by atoms with Gasteiger partial charge in [-0.15, -0.1) is 0 Å². The minimum Gasteiger partial charge on any atom is -0.423 e. The molecular formula is C124H130BN9O6P4Pd. The number of benzene rings is 16. The second-order valence-electron chi connectivity index (χ2n) is 33.5. The number of aliphatic hydroxyl groups is 1. The van der Waals surface area contributed by atoms with Crippen LogP contribution in [0.25, 0.3) is 22.3 Å². The van der Waals surface area contributed by atoms with Crippen LogP contribution in [0.2, 0.25) is 0 Å². The van der Waals surface area contributed by atoms with Crippen LogP contribution in [0.15, 0.2) is 473 Å². The molecule has 0 aliphatic carbocycles. The van der Waals surface area contributed by atoms with Gasteiger partial charge in [0.05, 0.1) is 19.0 Å². The Labute approximate surface area is 876 Å². The van der Waals surface area contributed by atoms with Crippen LogP contribution in [0.1, 0.15) is 111 Å². The van der Waals surface area contributed by atoms with Crippen LogP contribution in [-0.2, 0) is 27.0 Å². The molecule has 0 saturated carbocycles. The summed E-state index contributed by atoms with van der Waals surface area (Å²) in [5.41, 5.74) is 6.51. The third-order valence-corrected chi connectivity index (χ3v) is 33.5. The number of hydrogen-bond donors (Lipinski definition) is 5. The van der Waals surface area contributed by atoms with Gasteiger partial charge in [-0.05, 0) is 204 Å². The van der Waals surface area contributed by atoms with Gasteiger partial charge in [-0.1, -0.05) is 450 Å². The van der Waals surface area contributed by atoms with Crippen molar-refractivity contribution >= 4 is 149 Å². The average molecular weight is 2080 g/mol. The van der Waals surface area contributed by atoms with Crippen molar-refractivity contribution < 1.29 is 50.0 Å². The van der Waals surface area contributed by atoms with Gasteiger partial charge in [0.1, 0.15) is 0 Å². The van der Waals surface area contributed by atoms with Crippen LogP contribution in [0.3, 0.4) is 0 Å². The molecule has 2 heterocycles. The maximum atomic E-state index is 13.1. The van der Waals surface area contributed by atoms with Crippen molar-refractivity contribution in [3.8, 4) is 11.1 Å². The number of fused-ring (bicyclic) bond motifs is 1. The van der Waals surface area contributed by atoms with Gasteiger partial charge in [0.25, 0.3) is 17.7 Å². The van der Waals surface area contributed by atoms with Crippen molar-refractivity contribution in [2.75, 3.05) is 56.5 Å². The van der Waals surface area contributed by atoms with E-state index in [2.05, 4.69) is 418 Å². The van der Waals surface area contributed by atoms with Gasteiger partial charge in [-0.3, -0.25) is 14.4 Å². The zero-order valence-electron chi connectivity index (χ0n) is 83.9. The SMILES string of the molecule is CCN(CC)C(=O)c1ccccc1.CCN(CC)C(=O)c1ccccc1B(O)O.CC[C@H](CO)Nc1nc(NCc2ccc(-c3ccccc3C(=O)N(CC)CC)cc2)c2ncn(C(C)C)c2n1.[Pd].c1ccc(P(c2ccccc2)c2ccccc2)cc1.c1ccc(P(c2ccccc2)c2ccccc2)cc1.c1ccc(P(c2ccccc2)c2ccccc2)cc1.c1ccc(P(c2ccccc2)c2ccccc2)cc1. The van der Waals surface area contributed by atoms with Crippen LogP contribution in [-0.4, -0.2) is 126 Å². The summed E-state index contributed by atoms with van der Waals surface area (Å²) in [6.45, 7) is 22.6. The Kier molecular flexibility index (Phi) is 46.9. The first kappa shape index (κ1) is 112. The monoisotopic (exact) mass is 2080 g/mol. The van der Waals surface area contributed by atoms with E-state index in [1.807, 2.05) is 117 Å². The smallest absolute Gasteiger partial charge is 0.423 e. The molecule has 145 heavy (non-hydrogen) atoms. The van der Waals surface area contributed by atoms with E-state index in [1.54, 1.807) is 35.5 Å². The van der Waals surface area contributed by atoms with Crippen molar-refractivity contribution in [2.45, 2.75) is 87.4 Å². The van der Waals surface area contributed by atoms with Crippen LogP contribution in [0.4, 0.5) is 11.8 Å². The Bertz CT molecular complexity index is 5890. The fourth-order valence-electron chi connectivity index (χ4n) is 16.1. The molecule has 15 nitrogen and oxygen atoms in total. The molecule has 16 aromatic carbocycles. The van der Waals surface area contributed by atoms with E-state index >= 15 is 0 Å². The molecule has 0 saturated heterocycles. The Morgan fingerprint density at radius 1 is 0.338 bits per heavy atom. The molecule has 1 atom stereocenters. The molecule has 18 aromatic rings. The van der Waals surface area contributed by atoms with Crippen molar-refractivity contribution in [3.63, 3.8) is 0 Å². The molecule has 0 spiro atoms. The largest absolute Gasteiger partial charge is 0.489 e. The van der Waals surface area contributed by atoms with E-state index in [1.165, 1.54) is 63.7 Å². The molecule has 3 amide bonds. The van der Waals surface area contributed by atoms with Crippen LogP contribution in [0, 0.1) is 0 Å². The summed E-state index contributed by atoms with van der Waals surface area (Å²) in [6.07, 6.45) is 2.54. The number of aliphatic hydroxyl groups excluding tert-OH is 1. The van der Waals surface area contributed by atoms with Gasteiger partial charge in [-0.25, -0.2) is 4.98 Å². The van der Waals surface area contributed by atoms with Gasteiger partial charge in [0.2, 0.25) is 5.95 Å². The van der Waals surface area contributed by atoms with E-state index in [4.69, 9.17) is 20.0 Å². The number of hydrogen-bond acceptors (Lipinski definition) is 11. The minimum absolute atomic E-state index is 0. The Morgan fingerprint density at radius 2 is 0.607 bits per heavy atom. The third-order valence-electron chi connectivity index (χ3n) is 23.7. The normalized spacial score (nSPS) is 10.8. The van der Waals surface area contributed by atoms with E-state index in [0.717, 1.165) is 47.4 Å². The Hall–Kier alpha value is -13.6. The molecular weight excluding hydrogens is 1950 g/mol. The van der Waals surface area contributed by atoms with Crippen LogP contribution in [0.5, 0.6) is 0 Å². The van der Waals surface area contributed by atoms with Gasteiger partial charge in [0, 0.05) is 89.0 Å². The standard InChI is InChI=1S/C30H39N7O2.4C18H15P.C11H16BNO3.C11H15NO.Pd/c1-6-23(18-38)33-30-34-27(26-28(35-30)37(19-32-26)20(4)5)31-17-21-13-15-22(16-14-21)24-11-9-10-12-25(24)29(39)36(7-2)8-3;4*1-4-10-16(11-5-1)19(17-12-6-2-7-13-17)18-14-8-3-9-15-18;1-3-13(4-2)11(14)9-7-5-6-8-10(9)12(15)16;1-3-12(4-2)11(13)10-8-6-5-7-9-10;/h9-16,19-20,23,38H,6-8,17-18H2,1-5H3,(H2,31,33,34,35);4*1-15H;5-8,15-16H,3-4H2,1-2H3;5-9H,3-4H2,1-2H3;/t23-;;;;;;;/m1......./s1. The summed E-state index contributed by atoms with van der Waals surface area (Å²) in [5.74, 6) is 1.08. The second-order valence-corrected chi connectivity index (χ2v) is 42.3. The van der Waals surface area contributed by atoms with Gasteiger partial charge in [-0.2, -0.15) is 9.97 Å². The summed E-state index contributed by atoms with van der Waals surface area (Å²) in [5, 5.41) is 51.4. The van der Waals surface area contributed by atoms with Crippen molar-refractivity contribution in [2.24, 2.45) is 0 Å². The number of aromatic nitrogens is 4. The molecule has 740 valence electrons. The van der Waals surface area contributed by atoms with E-state index in [0.29, 0.717) is 61.1 Å². The maximum absolute atomic E-state index is 13.1. The number of anilines is 2. The zero-order chi connectivity index (χ0) is 101. The number of rotatable bonds is 31. The minimum atomic E-state index is -1.62. The summed E-state index contributed by atoms with van der Waals surface area (Å²) in [7, 11) is -3.40. The molecule has 0 aliphatic heterocycles. The predicted molar refractivity (Wildman–Crippen MR) is 615 cm³/mol. The number of nitrogens with zero attached hydrogens (tertiary/aromatic N) is 7. The molecule has 0 unspecified atom stereocenters. The number of nitrogens with one attached hydrogen (secondary N) is 2. The second kappa shape index (κ2) is 60.9. The van der Waals surface area contributed by atoms with Crippen molar-refractivity contribution in [1.29, 1.82) is 0 Å². The zero-order valence-corrected chi connectivity index (χ0v) is 89.1. The molecule has 5 N–H and O–H groups in total. The summed E-state index contributed by atoms with van der Waals surface area (Å²) in [6, 6.07) is 161. The fraction of sp³-hybridized carbons (Fsp3) is 0.161. The number of carbonyl (C=O) groups is 3. The molecule has 0 bridgehead atoms. The van der Waals surface area contributed by atoms with Crippen molar-refractivity contribution in [3.05, 3.63) is 496 Å². The first-order chi connectivity index (χ1) is 70.6. The Morgan fingerprint density at radius 3 is 0.890 bits per heavy atom. The van der Waals surface area contributed by atoms with Gasteiger partial charge >= 0.3 is 7.12 Å². The first-order valence-electron chi connectivity index (χ1n) is 49.3. The fourth-order valence-corrected chi connectivity index (χ4v) is 25.3. The molecule has 0 aliphatic rings.